The van der Waals surface area contributed by atoms with Gasteiger partial charge in [-0.1, -0.05) is 42.5 Å². The molecule has 4 heteroatoms. The Bertz CT molecular complexity index is 926. The van der Waals surface area contributed by atoms with Gasteiger partial charge in [0.2, 0.25) is 0 Å². The van der Waals surface area contributed by atoms with Gasteiger partial charge in [0.25, 0.3) is 5.91 Å². The third kappa shape index (κ3) is 4.09. The number of carbonyl (C=O) groups is 2. The van der Waals surface area contributed by atoms with Crippen LogP contribution in [0.15, 0.2) is 66.7 Å². The van der Waals surface area contributed by atoms with E-state index < -0.39 is 0 Å². The van der Waals surface area contributed by atoms with Crippen LogP contribution in [-0.2, 0) is 4.79 Å². The second kappa shape index (κ2) is 7.83. The van der Waals surface area contributed by atoms with E-state index in [2.05, 4.69) is 23.5 Å². The number of benzene rings is 3. The van der Waals surface area contributed by atoms with Gasteiger partial charge in [-0.3, -0.25) is 9.59 Å². The zero-order valence-electron chi connectivity index (χ0n) is 14.9. The quantitative estimate of drug-likeness (QED) is 0.677. The molecule has 4 nitrogen and oxygen atoms in total. The Morgan fingerprint density at radius 2 is 1.65 bits per heavy atom. The van der Waals surface area contributed by atoms with E-state index in [0.717, 1.165) is 16.3 Å². The molecule has 1 N–H and O–H groups in total. The topological polar surface area (TPSA) is 55.4 Å². The van der Waals surface area contributed by atoms with Crippen molar-refractivity contribution in [2.45, 2.75) is 19.9 Å². The number of hydrogen-bond acceptors (Lipinski definition) is 3. The average Bonchev–Trinajstić information content (AvgIpc) is 2.66. The first-order valence-corrected chi connectivity index (χ1v) is 8.55. The molecule has 3 aromatic rings. The van der Waals surface area contributed by atoms with Crippen LogP contribution in [0.2, 0.25) is 0 Å². The maximum atomic E-state index is 12.2. The number of ketones is 1. The molecule has 3 aromatic carbocycles. The molecule has 1 amide bonds. The molecule has 0 fully saturated rings. The molecule has 0 bridgehead atoms. The van der Waals surface area contributed by atoms with Gasteiger partial charge in [0.05, 0.1) is 6.04 Å². The number of rotatable bonds is 6. The van der Waals surface area contributed by atoms with Crippen LogP contribution in [0.3, 0.4) is 0 Å². The summed E-state index contributed by atoms with van der Waals surface area (Å²) in [7, 11) is 0. The van der Waals surface area contributed by atoms with Crippen LogP contribution in [0.5, 0.6) is 5.75 Å². The van der Waals surface area contributed by atoms with Crippen molar-refractivity contribution in [2.24, 2.45) is 0 Å². The van der Waals surface area contributed by atoms with Gasteiger partial charge >= 0.3 is 0 Å². The smallest absolute Gasteiger partial charge is 0.258 e. The first-order valence-electron chi connectivity index (χ1n) is 8.55. The average molecular weight is 347 g/mol. The molecule has 0 unspecified atom stereocenters. The molecular weight excluding hydrogens is 326 g/mol. The molecule has 0 saturated carbocycles. The van der Waals surface area contributed by atoms with Crippen LogP contribution in [-0.4, -0.2) is 18.3 Å². The lowest BCUT2D eigenvalue weighted by atomic mass is 10.00. The second-order valence-corrected chi connectivity index (χ2v) is 6.23. The Balaban J connectivity index is 1.61. The monoisotopic (exact) mass is 347 g/mol. The summed E-state index contributed by atoms with van der Waals surface area (Å²) in [4.78, 5) is 23.5. The Morgan fingerprint density at radius 1 is 0.962 bits per heavy atom. The summed E-state index contributed by atoms with van der Waals surface area (Å²) in [6, 6.07) is 20.8. The second-order valence-electron chi connectivity index (χ2n) is 6.23. The van der Waals surface area contributed by atoms with Crippen molar-refractivity contribution in [2.75, 3.05) is 6.61 Å². The molecule has 0 heterocycles. The normalized spacial score (nSPS) is 11.8. The number of ether oxygens (including phenoxy) is 1. The lowest BCUT2D eigenvalue weighted by Gasteiger charge is -2.17. The van der Waals surface area contributed by atoms with E-state index >= 15 is 0 Å². The summed E-state index contributed by atoms with van der Waals surface area (Å²) in [6.45, 7) is 3.40. The van der Waals surface area contributed by atoms with Gasteiger partial charge in [-0.25, -0.2) is 0 Å². The fraction of sp³-hybridized carbons (Fsp3) is 0.182. The molecule has 132 valence electrons. The van der Waals surface area contributed by atoms with Crippen molar-refractivity contribution in [3.8, 4) is 5.75 Å². The lowest BCUT2D eigenvalue weighted by Crippen LogP contribution is -2.31. The largest absolute Gasteiger partial charge is 0.484 e. The van der Waals surface area contributed by atoms with Gasteiger partial charge < -0.3 is 10.1 Å². The van der Waals surface area contributed by atoms with Gasteiger partial charge in [-0.2, -0.15) is 0 Å². The molecule has 1 atom stereocenters. The van der Waals surface area contributed by atoms with Crippen LogP contribution in [0, 0.1) is 0 Å². The highest BCUT2D eigenvalue weighted by Crippen LogP contribution is 2.24. The highest BCUT2D eigenvalue weighted by molar-refractivity contribution is 5.94. The van der Waals surface area contributed by atoms with Crippen LogP contribution in [0.25, 0.3) is 10.8 Å². The Labute approximate surface area is 152 Å². The lowest BCUT2D eigenvalue weighted by molar-refractivity contribution is -0.123. The van der Waals surface area contributed by atoms with Crippen molar-refractivity contribution in [1.29, 1.82) is 0 Å². The van der Waals surface area contributed by atoms with Crippen LogP contribution in [0.4, 0.5) is 0 Å². The standard InChI is InChI=1S/C22H21NO3/c1-15(20-9-5-7-18-6-3-4-8-21(18)20)23-22(25)14-26-19-12-10-17(11-13-19)16(2)24/h3-13,15H,14H2,1-2H3,(H,23,25)/t15-/m1/s1. The molecule has 0 aliphatic carbocycles. The van der Waals surface area contributed by atoms with Crippen LogP contribution in [0.1, 0.15) is 35.8 Å². The molecule has 26 heavy (non-hydrogen) atoms. The molecule has 0 spiro atoms. The SMILES string of the molecule is CC(=O)c1ccc(OCC(=O)N[C@H](C)c2cccc3ccccc23)cc1. The molecule has 0 aromatic heterocycles. The van der Waals surface area contributed by atoms with E-state index in [1.54, 1.807) is 24.3 Å². The fourth-order valence-electron chi connectivity index (χ4n) is 2.92. The van der Waals surface area contributed by atoms with Gasteiger partial charge in [-0.15, -0.1) is 0 Å². The summed E-state index contributed by atoms with van der Waals surface area (Å²) in [5, 5.41) is 5.24. The minimum atomic E-state index is -0.193. The Hall–Kier alpha value is -3.14. The van der Waals surface area contributed by atoms with Crippen molar-refractivity contribution >= 4 is 22.5 Å². The first-order chi connectivity index (χ1) is 12.5. The first kappa shape index (κ1) is 17.7. The summed E-state index contributed by atoms with van der Waals surface area (Å²) in [5.41, 5.74) is 1.69. The highest BCUT2D eigenvalue weighted by atomic mass is 16.5. The molecule has 0 saturated heterocycles. The molecule has 3 rings (SSSR count). The molecular formula is C22H21NO3. The molecule has 0 aliphatic rings. The predicted octanol–water partition coefficient (Wildman–Crippen LogP) is 4.30. The summed E-state index contributed by atoms with van der Waals surface area (Å²) in [5.74, 6) is 0.363. The van der Waals surface area contributed by atoms with Crippen molar-refractivity contribution < 1.29 is 14.3 Å². The van der Waals surface area contributed by atoms with Crippen molar-refractivity contribution in [3.05, 3.63) is 77.9 Å². The zero-order valence-corrected chi connectivity index (χ0v) is 14.9. The predicted molar refractivity (Wildman–Crippen MR) is 102 cm³/mol. The maximum absolute atomic E-state index is 12.2. The Kier molecular flexibility index (Phi) is 5.32. The third-order valence-corrected chi connectivity index (χ3v) is 4.30. The van der Waals surface area contributed by atoms with Crippen molar-refractivity contribution in [3.63, 3.8) is 0 Å². The zero-order chi connectivity index (χ0) is 18.5. The van der Waals surface area contributed by atoms with Gasteiger partial charge in [-0.05, 0) is 54.4 Å². The summed E-state index contributed by atoms with van der Waals surface area (Å²) >= 11 is 0. The molecule has 0 radical (unpaired) electrons. The number of amides is 1. The van der Waals surface area contributed by atoms with E-state index in [-0.39, 0.29) is 24.3 Å². The van der Waals surface area contributed by atoms with E-state index in [0.29, 0.717) is 11.3 Å². The van der Waals surface area contributed by atoms with E-state index in [1.807, 2.05) is 31.2 Å². The maximum Gasteiger partial charge on any atom is 0.258 e. The fourth-order valence-corrected chi connectivity index (χ4v) is 2.92. The third-order valence-electron chi connectivity index (χ3n) is 4.30. The number of Topliss-reactive ketones (excluding diaryl/α,β-unsaturated/α-hetero) is 1. The minimum Gasteiger partial charge on any atom is -0.484 e. The number of fused-ring (bicyclic) bond motifs is 1. The van der Waals surface area contributed by atoms with E-state index in [9.17, 15) is 9.59 Å². The van der Waals surface area contributed by atoms with Crippen molar-refractivity contribution in [1.82, 2.24) is 5.32 Å². The summed E-state index contributed by atoms with van der Waals surface area (Å²) in [6.07, 6.45) is 0. The number of hydrogen-bond donors (Lipinski definition) is 1. The van der Waals surface area contributed by atoms with E-state index in [1.165, 1.54) is 6.92 Å². The van der Waals surface area contributed by atoms with E-state index in [4.69, 9.17) is 4.74 Å². The van der Waals surface area contributed by atoms with Crippen LogP contribution < -0.4 is 10.1 Å². The minimum absolute atomic E-state index is 0.00166. The van der Waals surface area contributed by atoms with Gasteiger partial charge in [0.15, 0.2) is 12.4 Å². The van der Waals surface area contributed by atoms with Crippen LogP contribution >= 0.6 is 0 Å². The highest BCUT2D eigenvalue weighted by Gasteiger charge is 2.12. The summed E-state index contributed by atoms with van der Waals surface area (Å²) < 4.78 is 5.50. The Morgan fingerprint density at radius 3 is 2.38 bits per heavy atom. The van der Waals surface area contributed by atoms with Gasteiger partial charge in [0.1, 0.15) is 5.75 Å². The molecule has 0 aliphatic heterocycles. The number of nitrogens with one attached hydrogen (secondary N) is 1. The number of carbonyl (C=O) groups excluding carboxylic acids is 2. The van der Waals surface area contributed by atoms with Gasteiger partial charge in [0, 0.05) is 5.56 Å².